The van der Waals surface area contributed by atoms with Gasteiger partial charge in [0.15, 0.2) is 0 Å². The van der Waals surface area contributed by atoms with Crippen LogP contribution >= 0.6 is 0 Å². The highest BCUT2D eigenvalue weighted by atomic mass is 19.1. The molecule has 1 unspecified atom stereocenters. The standard InChI is InChI=1S/C16H22FNO/c17-12-5-4-11-2-1-3-16(15(11)10-12)18-13-6-8-14(19)9-7-13/h4-5,10,13-14,16,18-19H,1-3,6-9H2. The van der Waals surface area contributed by atoms with Gasteiger partial charge in [0.2, 0.25) is 0 Å². The van der Waals surface area contributed by atoms with Crippen LogP contribution in [-0.2, 0) is 6.42 Å². The second kappa shape index (κ2) is 5.59. The van der Waals surface area contributed by atoms with E-state index in [0.717, 1.165) is 44.1 Å². The Morgan fingerprint density at radius 3 is 2.68 bits per heavy atom. The maximum Gasteiger partial charge on any atom is 0.123 e. The van der Waals surface area contributed by atoms with Crippen LogP contribution in [0.5, 0.6) is 0 Å². The second-order valence-corrected chi connectivity index (χ2v) is 5.96. The molecular formula is C16H22FNO. The van der Waals surface area contributed by atoms with Crippen LogP contribution in [0.4, 0.5) is 4.39 Å². The molecule has 0 heterocycles. The quantitative estimate of drug-likeness (QED) is 0.859. The zero-order chi connectivity index (χ0) is 13.2. The molecule has 1 aromatic carbocycles. The Morgan fingerprint density at radius 2 is 1.89 bits per heavy atom. The van der Waals surface area contributed by atoms with Gasteiger partial charge in [0.05, 0.1) is 6.10 Å². The molecule has 0 aliphatic heterocycles. The molecule has 0 radical (unpaired) electrons. The normalized spacial score (nSPS) is 30.9. The van der Waals surface area contributed by atoms with Crippen molar-refractivity contribution in [3.05, 3.63) is 35.1 Å². The highest BCUT2D eigenvalue weighted by Crippen LogP contribution is 2.32. The number of nitrogens with one attached hydrogen (secondary N) is 1. The molecule has 1 saturated carbocycles. The van der Waals surface area contributed by atoms with Gasteiger partial charge in [-0.15, -0.1) is 0 Å². The van der Waals surface area contributed by atoms with E-state index < -0.39 is 0 Å². The first-order valence-corrected chi connectivity index (χ1v) is 7.45. The zero-order valence-electron chi connectivity index (χ0n) is 11.2. The molecule has 0 saturated heterocycles. The van der Waals surface area contributed by atoms with Gasteiger partial charge < -0.3 is 10.4 Å². The first kappa shape index (κ1) is 13.1. The van der Waals surface area contributed by atoms with Crippen molar-refractivity contribution in [3.8, 4) is 0 Å². The molecule has 1 fully saturated rings. The van der Waals surface area contributed by atoms with Crippen molar-refractivity contribution in [1.82, 2.24) is 5.32 Å². The van der Waals surface area contributed by atoms with Gasteiger partial charge in [0.1, 0.15) is 5.82 Å². The summed E-state index contributed by atoms with van der Waals surface area (Å²) >= 11 is 0. The van der Waals surface area contributed by atoms with Crippen LogP contribution in [0.2, 0.25) is 0 Å². The maximum atomic E-state index is 13.4. The number of aliphatic hydroxyl groups excluding tert-OH is 1. The van der Waals surface area contributed by atoms with Crippen molar-refractivity contribution in [3.63, 3.8) is 0 Å². The summed E-state index contributed by atoms with van der Waals surface area (Å²) in [6, 6.07) is 5.97. The molecule has 2 nitrogen and oxygen atoms in total. The minimum absolute atomic E-state index is 0.117. The average molecular weight is 263 g/mol. The third-order valence-electron chi connectivity index (χ3n) is 4.56. The maximum absolute atomic E-state index is 13.4. The van der Waals surface area contributed by atoms with E-state index in [2.05, 4.69) is 5.32 Å². The van der Waals surface area contributed by atoms with Gasteiger partial charge in [-0.25, -0.2) is 4.39 Å². The first-order chi connectivity index (χ1) is 9.22. The van der Waals surface area contributed by atoms with Crippen molar-refractivity contribution < 1.29 is 9.50 Å². The molecule has 1 aromatic rings. The number of hydrogen-bond donors (Lipinski definition) is 2. The van der Waals surface area contributed by atoms with Crippen LogP contribution in [-0.4, -0.2) is 17.3 Å². The van der Waals surface area contributed by atoms with Crippen LogP contribution in [0.25, 0.3) is 0 Å². The lowest BCUT2D eigenvalue weighted by Crippen LogP contribution is -2.38. The van der Waals surface area contributed by atoms with E-state index in [9.17, 15) is 9.50 Å². The highest BCUT2D eigenvalue weighted by Gasteiger charge is 2.25. The average Bonchev–Trinajstić information content (AvgIpc) is 2.42. The van der Waals surface area contributed by atoms with Crippen molar-refractivity contribution in [2.24, 2.45) is 0 Å². The number of benzene rings is 1. The minimum Gasteiger partial charge on any atom is -0.393 e. The van der Waals surface area contributed by atoms with Gasteiger partial charge >= 0.3 is 0 Å². The lowest BCUT2D eigenvalue weighted by molar-refractivity contribution is 0.113. The monoisotopic (exact) mass is 263 g/mol. The van der Waals surface area contributed by atoms with E-state index in [4.69, 9.17) is 0 Å². The summed E-state index contributed by atoms with van der Waals surface area (Å²) in [6.45, 7) is 0. The van der Waals surface area contributed by atoms with E-state index in [0.29, 0.717) is 12.1 Å². The van der Waals surface area contributed by atoms with Crippen molar-refractivity contribution >= 4 is 0 Å². The Labute approximate surface area is 114 Å². The van der Waals surface area contributed by atoms with Gasteiger partial charge in [-0.05, 0) is 68.2 Å². The summed E-state index contributed by atoms with van der Waals surface area (Å²) in [7, 11) is 0. The Kier molecular flexibility index (Phi) is 3.85. The molecule has 0 amide bonds. The number of aryl methyl sites for hydroxylation is 1. The van der Waals surface area contributed by atoms with E-state index >= 15 is 0 Å². The van der Waals surface area contributed by atoms with Gasteiger partial charge in [-0.3, -0.25) is 0 Å². The molecule has 0 aromatic heterocycles. The lowest BCUT2D eigenvalue weighted by atomic mass is 9.85. The fraction of sp³-hybridized carbons (Fsp3) is 0.625. The number of fused-ring (bicyclic) bond motifs is 1. The Balaban J connectivity index is 1.71. The molecule has 3 rings (SSSR count). The summed E-state index contributed by atoms with van der Waals surface area (Å²) in [6.07, 6.45) is 7.05. The summed E-state index contributed by atoms with van der Waals surface area (Å²) < 4.78 is 13.4. The SMILES string of the molecule is OC1CCC(NC2CCCc3ccc(F)cc32)CC1. The van der Waals surface area contributed by atoms with Crippen LogP contribution in [0.3, 0.4) is 0 Å². The molecule has 19 heavy (non-hydrogen) atoms. The molecule has 104 valence electrons. The smallest absolute Gasteiger partial charge is 0.123 e. The fourth-order valence-electron chi connectivity index (χ4n) is 3.47. The molecule has 2 aliphatic rings. The van der Waals surface area contributed by atoms with E-state index in [1.807, 2.05) is 6.07 Å². The van der Waals surface area contributed by atoms with Crippen molar-refractivity contribution in [1.29, 1.82) is 0 Å². The lowest BCUT2D eigenvalue weighted by Gasteiger charge is -2.33. The summed E-state index contributed by atoms with van der Waals surface area (Å²) in [5.41, 5.74) is 2.44. The van der Waals surface area contributed by atoms with E-state index in [1.165, 1.54) is 12.0 Å². The van der Waals surface area contributed by atoms with Crippen LogP contribution < -0.4 is 5.32 Å². The van der Waals surface area contributed by atoms with Crippen LogP contribution in [0.1, 0.15) is 55.7 Å². The summed E-state index contributed by atoms with van der Waals surface area (Å²) in [5, 5.41) is 13.2. The predicted octanol–water partition coefficient (Wildman–Crippen LogP) is 3.10. The summed E-state index contributed by atoms with van der Waals surface area (Å²) in [5.74, 6) is -0.133. The first-order valence-electron chi connectivity index (χ1n) is 7.45. The highest BCUT2D eigenvalue weighted by molar-refractivity contribution is 5.33. The molecule has 2 aliphatic carbocycles. The third kappa shape index (κ3) is 2.98. The van der Waals surface area contributed by atoms with Gasteiger partial charge in [0.25, 0.3) is 0 Å². The Bertz CT molecular complexity index is 440. The number of rotatable bonds is 2. The van der Waals surface area contributed by atoms with Crippen molar-refractivity contribution in [2.75, 3.05) is 0 Å². The minimum atomic E-state index is -0.133. The van der Waals surface area contributed by atoms with Gasteiger partial charge in [-0.2, -0.15) is 0 Å². The van der Waals surface area contributed by atoms with Gasteiger partial charge in [0, 0.05) is 12.1 Å². The summed E-state index contributed by atoms with van der Waals surface area (Å²) in [4.78, 5) is 0. The molecule has 0 bridgehead atoms. The van der Waals surface area contributed by atoms with Crippen LogP contribution in [0, 0.1) is 5.82 Å². The molecule has 1 atom stereocenters. The van der Waals surface area contributed by atoms with Crippen molar-refractivity contribution in [2.45, 2.75) is 63.1 Å². The Hall–Kier alpha value is -0.930. The second-order valence-electron chi connectivity index (χ2n) is 5.96. The molecule has 2 N–H and O–H groups in total. The number of halogens is 1. The number of aliphatic hydroxyl groups is 1. The zero-order valence-corrected chi connectivity index (χ0v) is 11.2. The number of hydrogen-bond acceptors (Lipinski definition) is 2. The van der Waals surface area contributed by atoms with Crippen LogP contribution in [0.15, 0.2) is 18.2 Å². The molecular weight excluding hydrogens is 241 g/mol. The van der Waals surface area contributed by atoms with Gasteiger partial charge in [-0.1, -0.05) is 6.07 Å². The topological polar surface area (TPSA) is 32.3 Å². The Morgan fingerprint density at radius 1 is 1.11 bits per heavy atom. The fourth-order valence-corrected chi connectivity index (χ4v) is 3.47. The van der Waals surface area contributed by atoms with E-state index in [-0.39, 0.29) is 11.9 Å². The predicted molar refractivity (Wildman–Crippen MR) is 73.5 cm³/mol. The third-order valence-corrected chi connectivity index (χ3v) is 4.56. The molecule has 3 heteroatoms. The largest absolute Gasteiger partial charge is 0.393 e. The molecule has 0 spiro atoms. The van der Waals surface area contributed by atoms with E-state index in [1.54, 1.807) is 12.1 Å².